The Bertz CT molecular complexity index is 485. The molecule has 20 heavy (non-hydrogen) atoms. The Morgan fingerprint density at radius 3 is 2.65 bits per heavy atom. The van der Waals surface area contributed by atoms with E-state index in [-0.39, 0.29) is 12.5 Å². The Morgan fingerprint density at radius 2 is 2.15 bits per heavy atom. The average molecular weight is 341 g/mol. The number of carbonyl (C=O) groups excluding carboxylic acids is 1. The Kier molecular flexibility index (Phi) is 5.05. The Morgan fingerprint density at radius 1 is 1.50 bits per heavy atom. The SMILES string of the molecule is C[C@H](O)c1ccc(N(CC(N)=O)C2CCCC2)cc1Br. The van der Waals surface area contributed by atoms with Crippen molar-refractivity contribution in [1.82, 2.24) is 0 Å². The third-order valence-corrected chi connectivity index (χ3v) is 4.54. The van der Waals surface area contributed by atoms with E-state index in [4.69, 9.17) is 5.73 Å². The number of anilines is 1. The fourth-order valence-electron chi connectivity index (χ4n) is 2.85. The molecule has 4 nitrogen and oxygen atoms in total. The maximum atomic E-state index is 11.3. The molecule has 1 fully saturated rings. The van der Waals surface area contributed by atoms with Gasteiger partial charge in [-0.05, 0) is 37.5 Å². The van der Waals surface area contributed by atoms with Gasteiger partial charge in [-0.1, -0.05) is 34.8 Å². The van der Waals surface area contributed by atoms with E-state index < -0.39 is 6.10 Å². The normalized spacial score (nSPS) is 17.1. The molecule has 1 atom stereocenters. The average Bonchev–Trinajstić information content (AvgIpc) is 2.88. The summed E-state index contributed by atoms with van der Waals surface area (Å²) >= 11 is 3.49. The topological polar surface area (TPSA) is 66.6 Å². The van der Waals surface area contributed by atoms with Crippen molar-refractivity contribution in [2.75, 3.05) is 11.4 Å². The second-order valence-corrected chi connectivity index (χ2v) is 6.27. The van der Waals surface area contributed by atoms with Gasteiger partial charge in [0, 0.05) is 16.2 Å². The van der Waals surface area contributed by atoms with Gasteiger partial charge in [-0.15, -0.1) is 0 Å². The highest BCUT2D eigenvalue weighted by atomic mass is 79.9. The van der Waals surface area contributed by atoms with Crippen molar-refractivity contribution in [3.63, 3.8) is 0 Å². The summed E-state index contributed by atoms with van der Waals surface area (Å²) in [5.74, 6) is -0.312. The molecule has 1 aliphatic rings. The molecular weight excluding hydrogens is 320 g/mol. The van der Waals surface area contributed by atoms with E-state index in [1.807, 2.05) is 18.2 Å². The zero-order valence-electron chi connectivity index (χ0n) is 11.7. The number of hydrogen-bond donors (Lipinski definition) is 2. The summed E-state index contributed by atoms with van der Waals surface area (Å²) in [5, 5.41) is 9.67. The lowest BCUT2D eigenvalue weighted by molar-refractivity contribution is -0.116. The van der Waals surface area contributed by atoms with Gasteiger partial charge in [0.1, 0.15) is 0 Å². The molecule has 1 saturated carbocycles. The first-order valence-electron chi connectivity index (χ1n) is 7.01. The van der Waals surface area contributed by atoms with E-state index in [0.717, 1.165) is 28.6 Å². The van der Waals surface area contributed by atoms with Crippen molar-refractivity contribution in [3.8, 4) is 0 Å². The summed E-state index contributed by atoms with van der Waals surface area (Å²) in [5.41, 5.74) is 7.21. The molecule has 3 N–H and O–H groups in total. The minimum absolute atomic E-state index is 0.241. The lowest BCUT2D eigenvalue weighted by Crippen LogP contribution is -2.40. The van der Waals surface area contributed by atoms with E-state index in [1.165, 1.54) is 12.8 Å². The maximum Gasteiger partial charge on any atom is 0.236 e. The fraction of sp³-hybridized carbons (Fsp3) is 0.533. The van der Waals surface area contributed by atoms with E-state index in [1.54, 1.807) is 6.92 Å². The van der Waals surface area contributed by atoms with E-state index >= 15 is 0 Å². The van der Waals surface area contributed by atoms with Crippen LogP contribution in [0.5, 0.6) is 0 Å². The van der Waals surface area contributed by atoms with Crippen molar-refractivity contribution in [3.05, 3.63) is 28.2 Å². The molecule has 0 aromatic heterocycles. The molecule has 0 bridgehead atoms. The Labute approximate surface area is 128 Å². The van der Waals surface area contributed by atoms with Crippen LogP contribution in [0.3, 0.4) is 0 Å². The number of nitrogens with zero attached hydrogens (tertiary/aromatic N) is 1. The number of amides is 1. The zero-order valence-corrected chi connectivity index (χ0v) is 13.3. The quantitative estimate of drug-likeness (QED) is 0.865. The van der Waals surface area contributed by atoms with Gasteiger partial charge in [-0.2, -0.15) is 0 Å². The molecule has 1 aliphatic carbocycles. The Hall–Kier alpha value is -1.07. The third kappa shape index (κ3) is 3.52. The van der Waals surface area contributed by atoms with E-state index in [2.05, 4.69) is 20.8 Å². The van der Waals surface area contributed by atoms with Gasteiger partial charge in [-0.25, -0.2) is 0 Å². The minimum Gasteiger partial charge on any atom is -0.389 e. The van der Waals surface area contributed by atoms with Gasteiger partial charge in [-0.3, -0.25) is 4.79 Å². The molecule has 0 heterocycles. The number of aliphatic hydroxyl groups excluding tert-OH is 1. The molecule has 110 valence electrons. The molecule has 0 spiro atoms. The highest BCUT2D eigenvalue weighted by Gasteiger charge is 2.24. The monoisotopic (exact) mass is 340 g/mol. The summed E-state index contributed by atoms with van der Waals surface area (Å²) in [6, 6.07) is 6.19. The largest absolute Gasteiger partial charge is 0.389 e. The first-order valence-corrected chi connectivity index (χ1v) is 7.81. The number of nitrogens with two attached hydrogens (primary N) is 1. The minimum atomic E-state index is -0.519. The van der Waals surface area contributed by atoms with Crippen LogP contribution in [-0.4, -0.2) is 23.6 Å². The van der Waals surface area contributed by atoms with E-state index in [9.17, 15) is 9.90 Å². The predicted octanol–water partition coefficient (Wildman–Crippen LogP) is 2.74. The molecule has 2 rings (SSSR count). The van der Waals surface area contributed by atoms with Crippen molar-refractivity contribution < 1.29 is 9.90 Å². The summed E-state index contributed by atoms with van der Waals surface area (Å²) < 4.78 is 0.859. The predicted molar refractivity (Wildman–Crippen MR) is 83.6 cm³/mol. The van der Waals surface area contributed by atoms with Crippen LogP contribution in [0.15, 0.2) is 22.7 Å². The number of benzene rings is 1. The maximum absolute atomic E-state index is 11.3. The second kappa shape index (κ2) is 6.59. The fourth-order valence-corrected chi connectivity index (χ4v) is 3.55. The van der Waals surface area contributed by atoms with Gasteiger partial charge >= 0.3 is 0 Å². The smallest absolute Gasteiger partial charge is 0.236 e. The molecule has 0 radical (unpaired) electrons. The van der Waals surface area contributed by atoms with Gasteiger partial charge in [0.2, 0.25) is 5.91 Å². The van der Waals surface area contributed by atoms with E-state index in [0.29, 0.717) is 6.04 Å². The number of carbonyl (C=O) groups is 1. The highest BCUT2D eigenvalue weighted by Crippen LogP contribution is 2.32. The molecule has 1 aromatic rings. The van der Waals surface area contributed by atoms with Crippen LogP contribution >= 0.6 is 15.9 Å². The number of aliphatic hydroxyl groups is 1. The highest BCUT2D eigenvalue weighted by molar-refractivity contribution is 9.10. The number of rotatable bonds is 5. The van der Waals surface area contributed by atoms with Gasteiger partial charge in [0.05, 0.1) is 12.6 Å². The van der Waals surface area contributed by atoms with Crippen molar-refractivity contribution in [2.24, 2.45) is 5.73 Å². The summed E-state index contributed by atoms with van der Waals surface area (Å²) in [6.45, 7) is 1.98. The molecule has 5 heteroatoms. The standard InChI is InChI=1S/C15H21BrN2O2/c1-10(19)13-7-6-12(8-14(13)16)18(9-15(17)20)11-4-2-3-5-11/h6-8,10-11,19H,2-5,9H2,1H3,(H2,17,20)/t10-/m0/s1. The van der Waals surface area contributed by atoms with Crippen molar-refractivity contribution in [1.29, 1.82) is 0 Å². The number of primary amides is 1. The van der Waals surface area contributed by atoms with Crippen molar-refractivity contribution in [2.45, 2.75) is 44.8 Å². The van der Waals surface area contributed by atoms with Crippen LogP contribution in [0.1, 0.15) is 44.3 Å². The molecular formula is C15H21BrN2O2. The molecule has 0 aliphatic heterocycles. The van der Waals surface area contributed by atoms with Crippen LogP contribution in [0.2, 0.25) is 0 Å². The number of hydrogen-bond acceptors (Lipinski definition) is 3. The summed E-state index contributed by atoms with van der Waals surface area (Å²) in [4.78, 5) is 13.4. The van der Waals surface area contributed by atoms with Crippen LogP contribution in [0.4, 0.5) is 5.69 Å². The Balaban J connectivity index is 2.28. The molecule has 1 amide bonds. The second-order valence-electron chi connectivity index (χ2n) is 5.41. The van der Waals surface area contributed by atoms with Crippen LogP contribution in [-0.2, 0) is 4.79 Å². The van der Waals surface area contributed by atoms with Gasteiger partial charge < -0.3 is 15.7 Å². The summed E-state index contributed by atoms with van der Waals surface area (Å²) in [7, 11) is 0. The van der Waals surface area contributed by atoms with Crippen molar-refractivity contribution >= 4 is 27.5 Å². The lowest BCUT2D eigenvalue weighted by atomic mass is 10.1. The van der Waals surface area contributed by atoms with Gasteiger partial charge in [0.15, 0.2) is 0 Å². The molecule has 1 aromatic carbocycles. The first kappa shape index (κ1) is 15.3. The van der Waals surface area contributed by atoms with Crippen LogP contribution in [0, 0.1) is 0 Å². The first-order chi connectivity index (χ1) is 9.49. The number of halogens is 1. The van der Waals surface area contributed by atoms with Gasteiger partial charge in [0.25, 0.3) is 0 Å². The van der Waals surface area contributed by atoms with Crippen LogP contribution < -0.4 is 10.6 Å². The lowest BCUT2D eigenvalue weighted by Gasteiger charge is -2.30. The molecule has 0 unspecified atom stereocenters. The third-order valence-electron chi connectivity index (χ3n) is 3.86. The summed E-state index contributed by atoms with van der Waals surface area (Å²) in [6.07, 6.45) is 4.08. The van der Waals surface area contributed by atoms with Crippen LogP contribution in [0.25, 0.3) is 0 Å². The zero-order chi connectivity index (χ0) is 14.7. The molecule has 0 saturated heterocycles.